The maximum Gasteiger partial charge on any atom is 0.274 e. The Morgan fingerprint density at radius 3 is 2.50 bits per heavy atom. The Kier molecular flexibility index (Phi) is 9.37. The second-order valence-corrected chi connectivity index (χ2v) is 18.4. The number of pyridine rings is 1. The summed E-state index contributed by atoms with van der Waals surface area (Å²) >= 11 is 0. The third kappa shape index (κ3) is 6.71. The molecule has 0 unspecified atom stereocenters. The number of halogens is 2. The molecule has 3 heterocycles. The summed E-state index contributed by atoms with van der Waals surface area (Å²) in [5.74, 6) is -2.94. The molecule has 2 aromatic carbocycles. The van der Waals surface area contributed by atoms with Gasteiger partial charge < -0.3 is 23.9 Å². The zero-order valence-electron chi connectivity index (χ0n) is 27.0. The number of hydrogen-bond donors (Lipinski definition) is 1. The molecule has 0 radical (unpaired) electrons. The van der Waals surface area contributed by atoms with Crippen LogP contribution in [-0.2, 0) is 17.6 Å². The molecule has 3 aromatic rings. The Morgan fingerprint density at radius 2 is 1.83 bits per heavy atom. The molecule has 2 aliphatic heterocycles. The summed E-state index contributed by atoms with van der Waals surface area (Å²) < 4.78 is 42.0. The second-order valence-electron chi connectivity index (χ2n) is 13.5. The van der Waals surface area contributed by atoms with Crippen LogP contribution in [0.4, 0.5) is 8.78 Å². The van der Waals surface area contributed by atoms with Crippen LogP contribution < -0.4 is 15.5 Å². The lowest BCUT2D eigenvalue weighted by Crippen LogP contribution is -2.52. The number of hydrogen-bond acceptors (Lipinski definition) is 5. The van der Waals surface area contributed by atoms with Gasteiger partial charge in [0.1, 0.15) is 23.8 Å². The molecule has 1 aromatic heterocycles. The molecule has 1 saturated heterocycles. The summed E-state index contributed by atoms with van der Waals surface area (Å²) in [6.45, 7) is 15.6. The van der Waals surface area contributed by atoms with E-state index in [-0.39, 0.29) is 52.7 Å². The number of rotatable bonds is 9. The molecule has 2 amide bonds. The lowest BCUT2D eigenvalue weighted by atomic mass is 10.0. The Bertz CT molecular complexity index is 1720. The van der Waals surface area contributed by atoms with E-state index in [9.17, 15) is 23.2 Å². The van der Waals surface area contributed by atoms with Gasteiger partial charge in [-0.25, -0.2) is 8.78 Å². The third-order valence-corrected chi connectivity index (χ3v) is 13.9. The SMILES string of the molecule is C=C1CC[C@H](CO[Si](C)(C)C(C)(C)C)N2C[C@H]1n1cc(C(=O)NCc3ccc(F)cc3F)c(=O)c(OCc3ccccc3)c1C2=O. The van der Waals surface area contributed by atoms with Crippen molar-refractivity contribution in [1.29, 1.82) is 0 Å². The highest BCUT2D eigenvalue weighted by atomic mass is 28.4. The molecule has 0 saturated carbocycles. The minimum absolute atomic E-state index is 0.00638. The zero-order valence-corrected chi connectivity index (χ0v) is 28.0. The van der Waals surface area contributed by atoms with Crippen molar-refractivity contribution in [2.75, 3.05) is 13.2 Å². The highest BCUT2D eigenvalue weighted by Crippen LogP contribution is 2.40. The summed E-state index contributed by atoms with van der Waals surface area (Å²) in [7, 11) is -2.11. The van der Waals surface area contributed by atoms with Crippen molar-refractivity contribution in [3.05, 3.63) is 111 Å². The summed E-state index contributed by atoms with van der Waals surface area (Å²) in [6, 6.07) is 11.6. The van der Waals surface area contributed by atoms with Crippen LogP contribution in [0.5, 0.6) is 5.75 Å². The molecule has 244 valence electrons. The first-order valence-electron chi connectivity index (χ1n) is 15.5. The topological polar surface area (TPSA) is 89.9 Å². The minimum Gasteiger partial charge on any atom is -0.483 e. The molecule has 0 spiro atoms. The number of nitrogens with zero attached hydrogens (tertiary/aromatic N) is 2. The van der Waals surface area contributed by atoms with Gasteiger partial charge in [-0.1, -0.05) is 69.3 Å². The van der Waals surface area contributed by atoms with E-state index in [1.165, 1.54) is 12.3 Å². The standard InChI is InChI=1S/C35H41F2N3O5Si/c1-22-12-15-26(21-45-46(5,6)35(2,3)4)39-19-29(22)40-18-27(33(42)38-17-24-13-14-25(36)16-28(24)37)31(41)32(30(40)34(39)43)44-20-23-10-8-7-9-11-23/h7-11,13-14,16,18,26,29H,1,12,15,17,19-21H2,2-6H3,(H,38,42)/t26-,29-/m1/s1. The number of benzene rings is 2. The van der Waals surface area contributed by atoms with Crippen LogP contribution in [0.1, 0.15) is 71.6 Å². The highest BCUT2D eigenvalue weighted by molar-refractivity contribution is 6.74. The number of nitrogens with one attached hydrogen (secondary N) is 1. The van der Waals surface area contributed by atoms with Crippen LogP contribution >= 0.6 is 0 Å². The highest BCUT2D eigenvalue weighted by Gasteiger charge is 2.44. The molecule has 11 heteroatoms. The van der Waals surface area contributed by atoms with Gasteiger partial charge in [0.15, 0.2) is 19.8 Å². The van der Waals surface area contributed by atoms with Gasteiger partial charge in [-0.05, 0) is 42.6 Å². The molecular formula is C35H41F2N3O5Si. The Morgan fingerprint density at radius 1 is 1.11 bits per heavy atom. The van der Waals surface area contributed by atoms with Crippen molar-refractivity contribution >= 4 is 20.1 Å². The smallest absolute Gasteiger partial charge is 0.274 e. The molecular weight excluding hydrogens is 608 g/mol. The van der Waals surface area contributed by atoms with Crippen LogP contribution in [0.2, 0.25) is 18.1 Å². The fraction of sp³-hybridized carbons (Fsp3) is 0.400. The maximum absolute atomic E-state index is 14.3. The van der Waals surface area contributed by atoms with Crippen molar-refractivity contribution in [2.45, 2.75) is 77.0 Å². The fourth-order valence-electron chi connectivity index (χ4n) is 5.53. The van der Waals surface area contributed by atoms with Gasteiger partial charge in [0.2, 0.25) is 5.43 Å². The molecule has 5 rings (SSSR count). The Labute approximate surface area is 269 Å². The van der Waals surface area contributed by atoms with Gasteiger partial charge in [0, 0.05) is 30.9 Å². The molecule has 1 fully saturated rings. The van der Waals surface area contributed by atoms with E-state index in [0.29, 0.717) is 26.0 Å². The number of aromatic nitrogens is 1. The van der Waals surface area contributed by atoms with Crippen molar-refractivity contribution in [2.24, 2.45) is 0 Å². The molecule has 2 bridgehead atoms. The van der Waals surface area contributed by atoms with Crippen molar-refractivity contribution in [1.82, 2.24) is 14.8 Å². The van der Waals surface area contributed by atoms with Gasteiger partial charge in [-0.15, -0.1) is 0 Å². The van der Waals surface area contributed by atoms with Crippen LogP contribution in [0, 0.1) is 11.6 Å². The van der Waals surface area contributed by atoms with E-state index in [1.54, 1.807) is 9.47 Å². The quantitative estimate of drug-likeness (QED) is 0.215. The van der Waals surface area contributed by atoms with Crippen molar-refractivity contribution < 1.29 is 27.5 Å². The second kappa shape index (κ2) is 13.0. The predicted molar refractivity (Wildman–Crippen MR) is 174 cm³/mol. The van der Waals surface area contributed by atoms with E-state index >= 15 is 0 Å². The van der Waals surface area contributed by atoms with E-state index in [4.69, 9.17) is 9.16 Å². The maximum atomic E-state index is 14.3. The van der Waals surface area contributed by atoms with Gasteiger partial charge in [0.05, 0.1) is 18.7 Å². The zero-order chi connectivity index (χ0) is 33.4. The molecule has 2 atom stereocenters. The molecule has 8 nitrogen and oxygen atoms in total. The summed E-state index contributed by atoms with van der Waals surface area (Å²) in [5, 5.41) is 2.56. The van der Waals surface area contributed by atoms with Gasteiger partial charge in [0.25, 0.3) is 11.8 Å². The summed E-state index contributed by atoms with van der Waals surface area (Å²) in [6.07, 6.45) is 2.64. The molecule has 46 heavy (non-hydrogen) atoms. The number of carbonyl (C=O) groups excluding carboxylic acids is 2. The van der Waals surface area contributed by atoms with Crippen LogP contribution in [0.15, 0.2) is 71.7 Å². The third-order valence-electron chi connectivity index (χ3n) is 9.44. The molecule has 2 aliphatic rings. The first-order chi connectivity index (χ1) is 21.7. The van der Waals surface area contributed by atoms with Crippen LogP contribution in [0.3, 0.4) is 0 Å². The Hall–Kier alpha value is -4.09. The fourth-order valence-corrected chi connectivity index (χ4v) is 6.57. The Balaban J connectivity index is 1.53. The van der Waals surface area contributed by atoms with E-state index < -0.39 is 37.3 Å². The normalized spacial score (nSPS) is 18.2. The first-order valence-corrected chi connectivity index (χ1v) is 18.4. The van der Waals surface area contributed by atoms with E-state index in [2.05, 4.69) is 45.8 Å². The number of fused-ring (bicyclic) bond motifs is 4. The lowest BCUT2D eigenvalue weighted by Gasteiger charge is -2.41. The van der Waals surface area contributed by atoms with Gasteiger partial charge in [-0.2, -0.15) is 0 Å². The summed E-state index contributed by atoms with van der Waals surface area (Å²) in [4.78, 5) is 43.5. The summed E-state index contributed by atoms with van der Waals surface area (Å²) in [5.41, 5.74) is 0.720. The van der Waals surface area contributed by atoms with Crippen LogP contribution in [-0.4, -0.2) is 48.8 Å². The average molecular weight is 650 g/mol. The largest absolute Gasteiger partial charge is 0.483 e. The molecule has 0 aliphatic carbocycles. The monoisotopic (exact) mass is 649 g/mol. The number of amides is 2. The van der Waals surface area contributed by atoms with E-state index in [1.807, 2.05) is 30.3 Å². The predicted octanol–water partition coefficient (Wildman–Crippen LogP) is 6.37. The average Bonchev–Trinajstić information content (AvgIpc) is 3.14. The van der Waals surface area contributed by atoms with Crippen LogP contribution in [0.25, 0.3) is 0 Å². The minimum atomic E-state index is -2.11. The molecule has 1 N–H and O–H groups in total. The van der Waals surface area contributed by atoms with Gasteiger partial charge >= 0.3 is 0 Å². The van der Waals surface area contributed by atoms with E-state index in [0.717, 1.165) is 23.3 Å². The van der Waals surface area contributed by atoms with Crippen molar-refractivity contribution in [3.63, 3.8) is 0 Å². The van der Waals surface area contributed by atoms with Crippen molar-refractivity contribution in [3.8, 4) is 5.75 Å². The number of carbonyl (C=O) groups is 2. The van der Waals surface area contributed by atoms with Gasteiger partial charge in [-0.3, -0.25) is 14.4 Å². The lowest BCUT2D eigenvalue weighted by molar-refractivity contribution is 0.0516. The first kappa shape index (κ1) is 33.3. The number of ether oxygens (including phenoxy) is 1.